The number of hydrogen-bond acceptors (Lipinski definition) is 0. The van der Waals surface area contributed by atoms with Crippen molar-refractivity contribution < 1.29 is 0 Å². The molecule has 0 heterocycles. The summed E-state index contributed by atoms with van der Waals surface area (Å²) in [4.78, 5) is 0. The van der Waals surface area contributed by atoms with Gasteiger partial charge in [0.25, 0.3) is 0 Å². The van der Waals surface area contributed by atoms with E-state index in [2.05, 4.69) is 31.3 Å². The predicted molar refractivity (Wildman–Crippen MR) is 92.4 cm³/mol. The Morgan fingerprint density at radius 2 is 1.05 bits per heavy atom. The van der Waals surface area contributed by atoms with E-state index in [0.29, 0.717) is 0 Å². The van der Waals surface area contributed by atoms with E-state index < -0.39 is 0 Å². The highest BCUT2D eigenvalue weighted by atomic mass is 14.8. The number of rotatable bonds is 16. The van der Waals surface area contributed by atoms with Crippen LogP contribution in [0.4, 0.5) is 0 Å². The Morgan fingerprint density at radius 1 is 0.550 bits per heavy atom. The van der Waals surface area contributed by atoms with Gasteiger partial charge in [0, 0.05) is 13.1 Å². The van der Waals surface area contributed by atoms with Gasteiger partial charge >= 0.3 is 0 Å². The summed E-state index contributed by atoms with van der Waals surface area (Å²) in [5, 5.41) is 4.54. The Morgan fingerprint density at radius 3 is 1.70 bits per heavy atom. The predicted octanol–water partition coefficient (Wildman–Crippen LogP) is 6.26. The van der Waals surface area contributed by atoms with Crippen LogP contribution in [-0.4, -0.2) is 13.1 Å². The Labute approximate surface area is 128 Å². The first-order valence-corrected chi connectivity index (χ1v) is 9.20. The summed E-state index contributed by atoms with van der Waals surface area (Å²) >= 11 is 0. The van der Waals surface area contributed by atoms with Crippen LogP contribution in [0.25, 0.3) is 0 Å². The van der Waals surface area contributed by atoms with E-state index in [-0.39, 0.29) is 0 Å². The lowest BCUT2D eigenvalue weighted by atomic mass is 10.1. The van der Waals surface area contributed by atoms with E-state index in [9.17, 15) is 0 Å². The van der Waals surface area contributed by atoms with Crippen molar-refractivity contribution in [2.24, 2.45) is 0 Å². The van der Waals surface area contributed by atoms with E-state index in [1.165, 1.54) is 83.5 Å². The number of unbranched alkanes of at least 4 members (excludes halogenated alkanes) is 10. The lowest BCUT2D eigenvalue weighted by Crippen LogP contribution is -2.07. The molecule has 0 atom stereocenters. The van der Waals surface area contributed by atoms with Crippen molar-refractivity contribution in [1.29, 1.82) is 0 Å². The second-order valence-corrected chi connectivity index (χ2v) is 5.90. The first-order valence-electron chi connectivity index (χ1n) is 9.20. The molecule has 1 radical (unpaired) electrons. The minimum Gasteiger partial charge on any atom is -0.242 e. The maximum absolute atomic E-state index is 4.54. The van der Waals surface area contributed by atoms with Crippen molar-refractivity contribution in [3.63, 3.8) is 0 Å². The standard InChI is InChI=1S/C19H38N/c1-3-5-7-8-9-10-11-12-13-14-15-16-17-19-20-18-6-4-2/h8-9H,3-7,10-19H2,1-2H3/b9-8+. The molecule has 0 aliphatic heterocycles. The zero-order chi connectivity index (χ0) is 14.7. The molecule has 0 unspecified atom stereocenters. The smallest absolute Gasteiger partial charge is 0.0133 e. The Hall–Kier alpha value is -0.300. The van der Waals surface area contributed by atoms with E-state index in [0.717, 1.165) is 13.1 Å². The minimum absolute atomic E-state index is 1.09. The van der Waals surface area contributed by atoms with Crippen LogP contribution in [0.15, 0.2) is 12.2 Å². The molecule has 0 aliphatic rings. The van der Waals surface area contributed by atoms with E-state index >= 15 is 0 Å². The van der Waals surface area contributed by atoms with E-state index in [4.69, 9.17) is 0 Å². The molecule has 0 saturated carbocycles. The summed E-state index contributed by atoms with van der Waals surface area (Å²) < 4.78 is 0. The highest BCUT2D eigenvalue weighted by Crippen LogP contribution is 2.09. The number of allylic oxidation sites excluding steroid dienone is 2. The number of nitrogens with zero attached hydrogens (tertiary/aromatic N) is 1. The Kier molecular flexibility index (Phi) is 18.4. The van der Waals surface area contributed by atoms with Crippen LogP contribution in [0.2, 0.25) is 0 Å². The molecule has 0 rings (SSSR count). The normalized spacial score (nSPS) is 11.5. The van der Waals surface area contributed by atoms with Crippen molar-refractivity contribution in [2.75, 3.05) is 13.1 Å². The molecule has 0 N–H and O–H groups in total. The van der Waals surface area contributed by atoms with Crippen LogP contribution in [-0.2, 0) is 0 Å². The molecule has 0 saturated heterocycles. The largest absolute Gasteiger partial charge is 0.242 e. The molecule has 0 aliphatic carbocycles. The van der Waals surface area contributed by atoms with Gasteiger partial charge in [0.1, 0.15) is 0 Å². The maximum Gasteiger partial charge on any atom is 0.0133 e. The van der Waals surface area contributed by atoms with E-state index in [1.807, 2.05) is 0 Å². The van der Waals surface area contributed by atoms with Crippen molar-refractivity contribution >= 4 is 0 Å². The second kappa shape index (κ2) is 18.7. The minimum atomic E-state index is 1.09. The molecular formula is C19H38N. The molecule has 20 heavy (non-hydrogen) atoms. The van der Waals surface area contributed by atoms with Crippen molar-refractivity contribution in [3.8, 4) is 0 Å². The van der Waals surface area contributed by atoms with Gasteiger partial charge in [-0.2, -0.15) is 0 Å². The highest BCUT2D eigenvalue weighted by Gasteiger charge is 1.92. The molecule has 0 fully saturated rings. The number of hydrogen-bond donors (Lipinski definition) is 0. The quantitative estimate of drug-likeness (QED) is 0.234. The molecule has 0 aromatic carbocycles. The summed E-state index contributed by atoms with van der Waals surface area (Å²) in [5.74, 6) is 0. The average Bonchev–Trinajstić information content (AvgIpc) is 2.47. The van der Waals surface area contributed by atoms with Crippen LogP contribution >= 0.6 is 0 Å². The van der Waals surface area contributed by atoms with Gasteiger partial charge in [-0.05, 0) is 32.1 Å². The molecule has 0 aromatic heterocycles. The Bertz CT molecular complexity index is 186. The monoisotopic (exact) mass is 280 g/mol. The van der Waals surface area contributed by atoms with Gasteiger partial charge in [-0.15, -0.1) is 0 Å². The van der Waals surface area contributed by atoms with Crippen LogP contribution < -0.4 is 5.32 Å². The lowest BCUT2D eigenvalue weighted by molar-refractivity contribution is 0.547. The molecule has 119 valence electrons. The van der Waals surface area contributed by atoms with Gasteiger partial charge in [0.15, 0.2) is 0 Å². The van der Waals surface area contributed by atoms with Gasteiger partial charge in [0.2, 0.25) is 0 Å². The fourth-order valence-corrected chi connectivity index (χ4v) is 2.31. The van der Waals surface area contributed by atoms with Gasteiger partial charge in [-0.25, -0.2) is 5.32 Å². The fourth-order valence-electron chi connectivity index (χ4n) is 2.31. The van der Waals surface area contributed by atoms with Gasteiger partial charge in [-0.3, -0.25) is 0 Å². The molecule has 0 spiro atoms. The second-order valence-electron chi connectivity index (χ2n) is 5.90. The first kappa shape index (κ1) is 19.7. The summed E-state index contributed by atoms with van der Waals surface area (Å²) in [6.07, 6.45) is 22.3. The zero-order valence-corrected chi connectivity index (χ0v) is 14.2. The summed E-state index contributed by atoms with van der Waals surface area (Å²) in [6.45, 7) is 6.68. The third-order valence-corrected chi connectivity index (χ3v) is 3.75. The van der Waals surface area contributed by atoms with Crippen molar-refractivity contribution in [2.45, 2.75) is 97.3 Å². The first-order chi connectivity index (χ1) is 9.91. The van der Waals surface area contributed by atoms with Crippen molar-refractivity contribution in [1.82, 2.24) is 5.32 Å². The molecule has 0 aromatic rings. The zero-order valence-electron chi connectivity index (χ0n) is 14.2. The van der Waals surface area contributed by atoms with E-state index in [1.54, 1.807) is 0 Å². The Balaban J connectivity index is 2.97. The SMILES string of the molecule is CCCC/C=C/CCCCCCCCC[N]CCCC. The third-order valence-electron chi connectivity index (χ3n) is 3.75. The average molecular weight is 281 g/mol. The van der Waals surface area contributed by atoms with Crippen LogP contribution in [0.5, 0.6) is 0 Å². The van der Waals surface area contributed by atoms with Crippen LogP contribution in [0.1, 0.15) is 97.3 Å². The van der Waals surface area contributed by atoms with Crippen LogP contribution in [0, 0.1) is 0 Å². The maximum atomic E-state index is 4.54. The van der Waals surface area contributed by atoms with Crippen molar-refractivity contribution in [3.05, 3.63) is 12.2 Å². The molecule has 0 bridgehead atoms. The highest BCUT2D eigenvalue weighted by molar-refractivity contribution is 4.81. The summed E-state index contributed by atoms with van der Waals surface area (Å²) in [7, 11) is 0. The molecule has 1 heteroatoms. The van der Waals surface area contributed by atoms with Gasteiger partial charge < -0.3 is 0 Å². The fraction of sp³-hybridized carbons (Fsp3) is 0.895. The van der Waals surface area contributed by atoms with Gasteiger partial charge in [0.05, 0.1) is 0 Å². The molecule has 0 amide bonds. The van der Waals surface area contributed by atoms with Crippen LogP contribution in [0.3, 0.4) is 0 Å². The topological polar surface area (TPSA) is 14.1 Å². The molecule has 1 nitrogen and oxygen atoms in total. The lowest BCUT2D eigenvalue weighted by Gasteiger charge is -2.02. The third kappa shape index (κ3) is 17.7. The van der Waals surface area contributed by atoms with Gasteiger partial charge in [-0.1, -0.05) is 77.4 Å². The molecular weight excluding hydrogens is 242 g/mol. The summed E-state index contributed by atoms with van der Waals surface area (Å²) in [5.41, 5.74) is 0. The summed E-state index contributed by atoms with van der Waals surface area (Å²) in [6, 6.07) is 0.